The number of likely N-dealkylation sites (tertiary alicyclic amines) is 1. The van der Waals surface area contributed by atoms with Crippen molar-refractivity contribution in [2.75, 3.05) is 13.1 Å². The molecular weight excluding hydrogens is 416 g/mol. The van der Waals surface area contributed by atoms with Crippen LogP contribution in [0.3, 0.4) is 0 Å². The lowest BCUT2D eigenvalue weighted by molar-refractivity contribution is -0.137. The van der Waals surface area contributed by atoms with Crippen LogP contribution in [-0.2, 0) is 4.79 Å². The molecule has 1 aliphatic heterocycles. The Morgan fingerprint density at radius 2 is 2.03 bits per heavy atom. The standard InChI is InChI=1S/C24H30N8O/c1-3-20(4-2)31-12-18(11-28-31)23-22-7-8-27-32(22)15-21(29-23)17(9-25)10-26-19-13-30(14-19)24(33)16-5-6-16/h7-12,15-16,19-20,25-26H,3-6,13-14H2,1-2H3/b17-10+,25-9?. The van der Waals surface area contributed by atoms with Gasteiger partial charge in [-0.2, -0.15) is 10.2 Å². The third kappa shape index (κ3) is 4.15. The number of aromatic nitrogens is 5. The predicted molar refractivity (Wildman–Crippen MR) is 127 cm³/mol. The van der Waals surface area contributed by atoms with E-state index in [1.54, 1.807) is 10.7 Å². The van der Waals surface area contributed by atoms with Crippen LogP contribution in [-0.4, -0.2) is 60.5 Å². The SMILES string of the molecule is CCC(CC)n1cc(-c2nc(/C(C=N)=C/NC3CN(C(=O)C4CC4)C3)cn3nccc23)cn1. The average molecular weight is 447 g/mol. The molecule has 2 aliphatic rings. The number of amides is 1. The minimum atomic E-state index is 0.203. The average Bonchev–Trinajstić information content (AvgIpc) is 3.34. The summed E-state index contributed by atoms with van der Waals surface area (Å²) in [7, 11) is 0. The van der Waals surface area contributed by atoms with Crippen molar-refractivity contribution in [2.45, 2.75) is 51.6 Å². The molecule has 1 saturated carbocycles. The molecule has 0 radical (unpaired) electrons. The molecule has 1 saturated heterocycles. The fourth-order valence-corrected chi connectivity index (χ4v) is 4.35. The number of fused-ring (bicyclic) bond motifs is 1. The summed E-state index contributed by atoms with van der Waals surface area (Å²) in [5.41, 5.74) is 3.94. The molecule has 9 nitrogen and oxygen atoms in total. The molecule has 2 N–H and O–H groups in total. The maximum Gasteiger partial charge on any atom is 0.225 e. The van der Waals surface area contributed by atoms with E-state index in [2.05, 4.69) is 29.4 Å². The zero-order chi connectivity index (χ0) is 22.9. The van der Waals surface area contributed by atoms with Crippen molar-refractivity contribution in [3.63, 3.8) is 0 Å². The summed E-state index contributed by atoms with van der Waals surface area (Å²) in [5.74, 6) is 0.546. The van der Waals surface area contributed by atoms with Crippen molar-refractivity contribution in [1.82, 2.24) is 34.6 Å². The minimum absolute atomic E-state index is 0.203. The Morgan fingerprint density at radius 3 is 2.73 bits per heavy atom. The van der Waals surface area contributed by atoms with Gasteiger partial charge in [-0.3, -0.25) is 9.48 Å². The van der Waals surface area contributed by atoms with E-state index in [-0.39, 0.29) is 17.9 Å². The monoisotopic (exact) mass is 446 g/mol. The lowest BCUT2D eigenvalue weighted by atomic mass is 10.1. The molecule has 1 amide bonds. The first-order valence-electron chi connectivity index (χ1n) is 11.8. The molecule has 0 bridgehead atoms. The van der Waals surface area contributed by atoms with Crippen LogP contribution in [0, 0.1) is 11.3 Å². The van der Waals surface area contributed by atoms with Crippen LogP contribution in [0.4, 0.5) is 0 Å². The van der Waals surface area contributed by atoms with Gasteiger partial charge in [0, 0.05) is 48.8 Å². The highest BCUT2D eigenvalue weighted by molar-refractivity contribution is 6.07. The van der Waals surface area contributed by atoms with Gasteiger partial charge in [0.2, 0.25) is 5.91 Å². The van der Waals surface area contributed by atoms with Crippen molar-refractivity contribution < 1.29 is 4.79 Å². The van der Waals surface area contributed by atoms with Gasteiger partial charge in [-0.15, -0.1) is 0 Å². The maximum absolute atomic E-state index is 12.1. The van der Waals surface area contributed by atoms with E-state index in [1.807, 2.05) is 40.4 Å². The molecule has 3 aromatic rings. The Morgan fingerprint density at radius 1 is 1.24 bits per heavy atom. The normalized spacial score (nSPS) is 16.9. The molecule has 0 unspecified atom stereocenters. The van der Waals surface area contributed by atoms with Crippen molar-refractivity contribution >= 4 is 23.2 Å². The van der Waals surface area contributed by atoms with E-state index in [0.29, 0.717) is 30.4 Å². The smallest absolute Gasteiger partial charge is 0.225 e. The first kappa shape index (κ1) is 21.4. The van der Waals surface area contributed by atoms with Gasteiger partial charge in [-0.25, -0.2) is 9.50 Å². The molecule has 9 heteroatoms. The second kappa shape index (κ2) is 8.80. The predicted octanol–water partition coefficient (Wildman–Crippen LogP) is 3.15. The fraction of sp³-hybridized carbons (Fsp3) is 0.458. The maximum atomic E-state index is 12.1. The van der Waals surface area contributed by atoms with Crippen LogP contribution >= 0.6 is 0 Å². The quantitative estimate of drug-likeness (QED) is 0.492. The first-order chi connectivity index (χ1) is 16.1. The van der Waals surface area contributed by atoms with E-state index >= 15 is 0 Å². The van der Waals surface area contributed by atoms with E-state index < -0.39 is 0 Å². The molecule has 172 valence electrons. The van der Waals surface area contributed by atoms with Gasteiger partial charge < -0.3 is 15.6 Å². The summed E-state index contributed by atoms with van der Waals surface area (Å²) >= 11 is 0. The Balaban J connectivity index is 1.38. The zero-order valence-corrected chi connectivity index (χ0v) is 19.1. The Bertz CT molecular complexity index is 1190. The molecule has 5 rings (SSSR count). The minimum Gasteiger partial charge on any atom is -0.384 e. The van der Waals surface area contributed by atoms with Gasteiger partial charge in [0.05, 0.1) is 47.6 Å². The summed E-state index contributed by atoms with van der Waals surface area (Å²) in [6.07, 6.45) is 14.7. The number of nitrogens with one attached hydrogen (secondary N) is 2. The summed E-state index contributed by atoms with van der Waals surface area (Å²) < 4.78 is 3.81. The molecule has 0 spiro atoms. The Hall–Kier alpha value is -3.49. The number of carbonyl (C=O) groups excluding carboxylic acids is 1. The molecule has 33 heavy (non-hydrogen) atoms. The highest BCUT2D eigenvalue weighted by Gasteiger charge is 2.38. The number of allylic oxidation sites excluding steroid dienone is 1. The van der Waals surface area contributed by atoms with Crippen molar-refractivity contribution in [3.8, 4) is 11.3 Å². The van der Waals surface area contributed by atoms with Crippen molar-refractivity contribution in [2.24, 2.45) is 5.92 Å². The van der Waals surface area contributed by atoms with Crippen LogP contribution in [0.25, 0.3) is 22.3 Å². The van der Waals surface area contributed by atoms with Gasteiger partial charge in [-0.1, -0.05) is 13.8 Å². The van der Waals surface area contributed by atoms with Crippen LogP contribution in [0.2, 0.25) is 0 Å². The molecule has 0 aromatic carbocycles. The van der Waals surface area contributed by atoms with Gasteiger partial charge in [0.1, 0.15) is 0 Å². The first-order valence-corrected chi connectivity index (χ1v) is 11.8. The van der Waals surface area contributed by atoms with E-state index in [0.717, 1.165) is 42.5 Å². The van der Waals surface area contributed by atoms with Gasteiger partial charge in [0.15, 0.2) is 0 Å². The second-order valence-corrected chi connectivity index (χ2v) is 8.94. The topological polar surface area (TPSA) is 104 Å². The lowest BCUT2D eigenvalue weighted by Crippen LogP contribution is -2.59. The van der Waals surface area contributed by atoms with Gasteiger partial charge in [-0.05, 0) is 31.7 Å². The molecular formula is C24H30N8O. The second-order valence-electron chi connectivity index (χ2n) is 8.94. The zero-order valence-electron chi connectivity index (χ0n) is 19.1. The van der Waals surface area contributed by atoms with Gasteiger partial charge in [0.25, 0.3) is 0 Å². The summed E-state index contributed by atoms with van der Waals surface area (Å²) in [5, 5.41) is 20.3. The molecule has 3 aromatic heterocycles. The number of hydrogen-bond donors (Lipinski definition) is 2. The number of rotatable bonds is 9. The van der Waals surface area contributed by atoms with Crippen LogP contribution in [0.15, 0.2) is 37.1 Å². The highest BCUT2D eigenvalue weighted by Crippen LogP contribution is 2.32. The lowest BCUT2D eigenvalue weighted by Gasteiger charge is -2.39. The van der Waals surface area contributed by atoms with Crippen LogP contribution < -0.4 is 5.32 Å². The Kier molecular flexibility index (Phi) is 5.70. The Labute approximate surface area is 193 Å². The fourth-order valence-electron chi connectivity index (χ4n) is 4.35. The number of hydrogen-bond acceptors (Lipinski definition) is 6. The summed E-state index contributed by atoms with van der Waals surface area (Å²) in [4.78, 5) is 18.9. The number of carbonyl (C=O) groups is 1. The van der Waals surface area contributed by atoms with E-state index in [9.17, 15) is 4.79 Å². The van der Waals surface area contributed by atoms with E-state index in [4.69, 9.17) is 10.4 Å². The largest absolute Gasteiger partial charge is 0.384 e. The van der Waals surface area contributed by atoms with Crippen molar-refractivity contribution in [3.05, 3.63) is 42.7 Å². The third-order valence-electron chi connectivity index (χ3n) is 6.63. The number of nitrogens with zero attached hydrogens (tertiary/aromatic N) is 6. The molecule has 4 heterocycles. The van der Waals surface area contributed by atoms with E-state index in [1.165, 1.54) is 6.21 Å². The van der Waals surface area contributed by atoms with Crippen LogP contribution in [0.1, 0.15) is 51.3 Å². The highest BCUT2D eigenvalue weighted by atomic mass is 16.2. The third-order valence-corrected chi connectivity index (χ3v) is 6.63. The van der Waals surface area contributed by atoms with Gasteiger partial charge >= 0.3 is 0 Å². The molecule has 0 atom stereocenters. The molecule has 2 fully saturated rings. The summed E-state index contributed by atoms with van der Waals surface area (Å²) in [6.45, 7) is 5.76. The van der Waals surface area contributed by atoms with Crippen LogP contribution in [0.5, 0.6) is 0 Å². The molecule has 1 aliphatic carbocycles. The van der Waals surface area contributed by atoms with Crippen molar-refractivity contribution in [1.29, 1.82) is 5.41 Å². The summed E-state index contributed by atoms with van der Waals surface area (Å²) in [6, 6.07) is 2.50.